The fraction of sp³-hybridized carbons (Fsp3) is 0.550. The minimum absolute atomic E-state index is 0.527. The predicted octanol–water partition coefficient (Wildman–Crippen LogP) is 3.55. The van der Waals surface area contributed by atoms with Crippen LogP contribution in [0.3, 0.4) is 0 Å². The van der Waals surface area contributed by atoms with Crippen LogP contribution in [-0.4, -0.2) is 45.8 Å². The number of rotatable bonds is 11. The van der Waals surface area contributed by atoms with Crippen LogP contribution in [0.2, 0.25) is 0 Å². The minimum atomic E-state index is 0.527. The van der Waals surface area contributed by atoms with Crippen molar-refractivity contribution in [2.45, 2.75) is 45.6 Å². The van der Waals surface area contributed by atoms with Gasteiger partial charge in [0.05, 0.1) is 0 Å². The zero-order valence-corrected chi connectivity index (χ0v) is 17.6. The van der Waals surface area contributed by atoms with Crippen LogP contribution in [0.1, 0.15) is 42.2 Å². The van der Waals surface area contributed by atoms with E-state index in [1.54, 1.807) is 11.3 Å². The van der Waals surface area contributed by atoms with Gasteiger partial charge in [-0.1, -0.05) is 18.6 Å². The molecule has 2 heterocycles. The third-order valence-corrected chi connectivity index (χ3v) is 5.49. The number of thiophene rings is 1. The van der Waals surface area contributed by atoms with Crippen LogP contribution in [0, 0.1) is 6.92 Å². The summed E-state index contributed by atoms with van der Waals surface area (Å²) < 4.78 is 1.99. The standard InChI is InChI=1S/C20H32N6S/c1-5-6-7-8-9-14-25(3)20(21-13-12-18-11-10-15-27-18)22-16-19-24-23-17(2)26(19)4/h5,10-11,15H,1,6-9,12-14,16H2,2-4H3,(H,21,22). The number of aromatic nitrogens is 3. The van der Waals surface area contributed by atoms with Crippen LogP contribution in [0.5, 0.6) is 0 Å². The summed E-state index contributed by atoms with van der Waals surface area (Å²) in [5.74, 6) is 2.71. The highest BCUT2D eigenvalue weighted by Crippen LogP contribution is 2.08. The van der Waals surface area contributed by atoms with Crippen LogP contribution in [0.4, 0.5) is 0 Å². The van der Waals surface area contributed by atoms with E-state index in [1.807, 2.05) is 24.6 Å². The molecule has 0 spiro atoms. The largest absolute Gasteiger partial charge is 0.356 e. The Morgan fingerprint density at radius 3 is 2.89 bits per heavy atom. The van der Waals surface area contributed by atoms with Crippen molar-refractivity contribution in [3.63, 3.8) is 0 Å². The van der Waals surface area contributed by atoms with Gasteiger partial charge in [-0.15, -0.1) is 28.1 Å². The highest BCUT2D eigenvalue weighted by molar-refractivity contribution is 7.09. The van der Waals surface area contributed by atoms with Gasteiger partial charge in [0, 0.05) is 32.1 Å². The zero-order chi connectivity index (χ0) is 19.5. The van der Waals surface area contributed by atoms with Crippen molar-refractivity contribution in [2.24, 2.45) is 12.0 Å². The van der Waals surface area contributed by atoms with Gasteiger partial charge >= 0.3 is 0 Å². The summed E-state index contributed by atoms with van der Waals surface area (Å²) in [4.78, 5) is 8.40. The van der Waals surface area contributed by atoms with E-state index in [0.717, 1.165) is 50.0 Å². The van der Waals surface area contributed by atoms with E-state index in [0.29, 0.717) is 6.54 Å². The van der Waals surface area contributed by atoms with Crippen molar-refractivity contribution in [1.29, 1.82) is 0 Å². The molecule has 2 aromatic rings. The lowest BCUT2D eigenvalue weighted by molar-refractivity contribution is 0.453. The second-order valence-electron chi connectivity index (χ2n) is 6.68. The van der Waals surface area contributed by atoms with Gasteiger partial charge in [-0.25, -0.2) is 4.99 Å². The van der Waals surface area contributed by atoms with Gasteiger partial charge in [0.25, 0.3) is 0 Å². The number of hydrogen-bond acceptors (Lipinski definition) is 4. The number of nitrogens with one attached hydrogen (secondary N) is 1. The number of aliphatic imine (C=N–C) groups is 1. The van der Waals surface area contributed by atoms with E-state index in [9.17, 15) is 0 Å². The van der Waals surface area contributed by atoms with Crippen molar-refractivity contribution >= 4 is 17.3 Å². The summed E-state index contributed by atoms with van der Waals surface area (Å²) in [6, 6.07) is 4.27. The van der Waals surface area contributed by atoms with Crippen LogP contribution < -0.4 is 5.32 Å². The van der Waals surface area contributed by atoms with Gasteiger partial charge in [0.1, 0.15) is 12.4 Å². The van der Waals surface area contributed by atoms with Gasteiger partial charge in [-0.3, -0.25) is 0 Å². The normalized spacial score (nSPS) is 11.6. The smallest absolute Gasteiger partial charge is 0.194 e. The molecule has 0 fully saturated rings. The van der Waals surface area contributed by atoms with Gasteiger partial charge < -0.3 is 14.8 Å². The lowest BCUT2D eigenvalue weighted by Crippen LogP contribution is -2.40. The average Bonchev–Trinajstić information content (AvgIpc) is 3.29. The number of allylic oxidation sites excluding steroid dienone is 1. The fourth-order valence-corrected chi connectivity index (χ4v) is 3.43. The fourth-order valence-electron chi connectivity index (χ4n) is 2.72. The molecule has 0 aliphatic carbocycles. The number of guanidine groups is 1. The Morgan fingerprint density at radius 2 is 2.22 bits per heavy atom. The molecule has 6 nitrogen and oxygen atoms in total. The maximum Gasteiger partial charge on any atom is 0.194 e. The molecule has 0 unspecified atom stereocenters. The Bertz CT molecular complexity index is 704. The van der Waals surface area contributed by atoms with E-state index in [4.69, 9.17) is 4.99 Å². The molecular formula is C20H32N6S. The third kappa shape index (κ3) is 7.17. The molecule has 0 aromatic carbocycles. The molecule has 0 atom stereocenters. The maximum atomic E-state index is 4.80. The molecule has 148 valence electrons. The maximum absolute atomic E-state index is 4.80. The molecule has 27 heavy (non-hydrogen) atoms. The summed E-state index contributed by atoms with van der Waals surface area (Å²) in [6.07, 6.45) is 7.65. The second kappa shape index (κ2) is 11.5. The van der Waals surface area contributed by atoms with Gasteiger partial charge in [0.2, 0.25) is 0 Å². The highest BCUT2D eigenvalue weighted by atomic mass is 32.1. The van der Waals surface area contributed by atoms with Crippen molar-refractivity contribution in [3.8, 4) is 0 Å². The topological polar surface area (TPSA) is 58.3 Å². The summed E-state index contributed by atoms with van der Waals surface area (Å²) in [5.41, 5.74) is 0. The third-order valence-electron chi connectivity index (χ3n) is 4.55. The zero-order valence-electron chi connectivity index (χ0n) is 16.8. The molecule has 0 aliphatic rings. The quantitative estimate of drug-likeness (QED) is 0.277. The molecule has 0 saturated carbocycles. The lowest BCUT2D eigenvalue weighted by atomic mass is 10.2. The Hall–Kier alpha value is -2.15. The van der Waals surface area contributed by atoms with Crippen LogP contribution in [-0.2, 0) is 20.0 Å². The first-order valence-electron chi connectivity index (χ1n) is 9.59. The average molecular weight is 389 g/mol. The van der Waals surface area contributed by atoms with Crippen LogP contribution in [0.25, 0.3) is 0 Å². The number of nitrogens with zero attached hydrogens (tertiary/aromatic N) is 5. The first kappa shape index (κ1) is 21.2. The van der Waals surface area contributed by atoms with Crippen molar-refractivity contribution in [3.05, 3.63) is 46.7 Å². The molecule has 2 rings (SSSR count). The Kier molecular flexibility index (Phi) is 9.04. The first-order chi connectivity index (χ1) is 13.1. The summed E-state index contributed by atoms with van der Waals surface area (Å²) in [5, 5.41) is 14.0. The van der Waals surface area contributed by atoms with E-state index < -0.39 is 0 Å². The van der Waals surface area contributed by atoms with Gasteiger partial charge in [-0.2, -0.15) is 0 Å². The Labute approximate surface area is 167 Å². The summed E-state index contributed by atoms with van der Waals surface area (Å²) >= 11 is 1.80. The molecule has 0 bridgehead atoms. The Morgan fingerprint density at radius 1 is 1.37 bits per heavy atom. The molecule has 1 N–H and O–H groups in total. The van der Waals surface area contributed by atoms with E-state index in [2.05, 4.69) is 51.6 Å². The summed E-state index contributed by atoms with van der Waals surface area (Å²) in [7, 11) is 4.08. The minimum Gasteiger partial charge on any atom is -0.356 e. The molecule has 0 radical (unpaired) electrons. The summed E-state index contributed by atoms with van der Waals surface area (Å²) in [6.45, 7) is 8.13. The van der Waals surface area contributed by atoms with Gasteiger partial charge in [0.15, 0.2) is 11.8 Å². The first-order valence-corrected chi connectivity index (χ1v) is 10.5. The molecule has 0 amide bonds. The van der Waals surface area contributed by atoms with Crippen molar-refractivity contribution in [1.82, 2.24) is 25.0 Å². The van der Waals surface area contributed by atoms with Crippen molar-refractivity contribution in [2.75, 3.05) is 20.1 Å². The van der Waals surface area contributed by atoms with E-state index in [1.165, 1.54) is 17.7 Å². The van der Waals surface area contributed by atoms with Crippen molar-refractivity contribution < 1.29 is 0 Å². The number of unbranched alkanes of at least 4 members (excludes halogenated alkanes) is 3. The van der Waals surface area contributed by atoms with Crippen LogP contribution >= 0.6 is 11.3 Å². The molecule has 0 saturated heterocycles. The molecular weight excluding hydrogens is 356 g/mol. The number of aryl methyl sites for hydroxylation is 1. The predicted molar refractivity (Wildman–Crippen MR) is 114 cm³/mol. The highest BCUT2D eigenvalue weighted by Gasteiger charge is 2.09. The van der Waals surface area contributed by atoms with Crippen LogP contribution in [0.15, 0.2) is 35.2 Å². The molecule has 7 heteroatoms. The SMILES string of the molecule is C=CCCCCCN(C)C(=NCc1nnc(C)n1C)NCCc1cccs1. The monoisotopic (exact) mass is 388 g/mol. The van der Waals surface area contributed by atoms with E-state index in [-0.39, 0.29) is 0 Å². The number of hydrogen-bond donors (Lipinski definition) is 1. The lowest BCUT2D eigenvalue weighted by Gasteiger charge is -2.22. The molecule has 0 aliphatic heterocycles. The Balaban J connectivity index is 1.92. The molecule has 2 aromatic heterocycles. The van der Waals surface area contributed by atoms with E-state index >= 15 is 0 Å². The second-order valence-corrected chi connectivity index (χ2v) is 7.71. The van der Waals surface area contributed by atoms with Gasteiger partial charge in [-0.05, 0) is 44.1 Å².